The van der Waals surface area contributed by atoms with Gasteiger partial charge in [-0.3, -0.25) is 42.5 Å². The molecule has 0 aliphatic carbocycles. The Morgan fingerprint density at radius 1 is 0.458 bits per heavy atom. The fourth-order valence-electron chi connectivity index (χ4n) is 14.6. The van der Waals surface area contributed by atoms with E-state index in [0.717, 1.165) is 23.4 Å². The van der Waals surface area contributed by atoms with E-state index in [1.165, 1.54) is 93.3 Å². The first-order chi connectivity index (χ1) is 56.4. The molecule has 612 valence electrons. The van der Waals surface area contributed by atoms with Crippen molar-refractivity contribution in [2.45, 2.75) is 100 Å². The number of thiophene rings is 1. The minimum absolute atomic E-state index is 0.00251. The van der Waals surface area contributed by atoms with Gasteiger partial charge in [0.1, 0.15) is 98.1 Å². The molecule has 0 bridgehead atoms. The average molecular weight is 1870 g/mol. The van der Waals surface area contributed by atoms with E-state index in [2.05, 4.69) is 54.5 Å². The zero-order valence-corrected chi connectivity index (χ0v) is 71.8. The molecule has 0 unspecified atom stereocenters. The highest BCUT2D eigenvalue weighted by atomic mass is 127. The maximum absolute atomic E-state index is 14.4. The number of rotatable bonds is 24. The highest BCUT2D eigenvalue weighted by Crippen LogP contribution is 2.38. The number of halogens is 7. The van der Waals surface area contributed by atoms with Crippen LogP contribution in [-0.4, -0.2) is 100 Å². The van der Waals surface area contributed by atoms with Gasteiger partial charge in [-0.15, -0.1) is 11.3 Å². The second kappa shape index (κ2) is 36.3. The molecule has 15 aromatic rings. The second-order valence-corrected chi connectivity index (χ2v) is 34.5. The molecular weight excluding hydrogens is 1780 g/mol. The van der Waals surface area contributed by atoms with E-state index < -0.39 is 58.4 Å². The maximum Gasteiger partial charge on any atom is 0.297 e. The van der Waals surface area contributed by atoms with E-state index in [0.29, 0.717) is 77.2 Å². The van der Waals surface area contributed by atoms with Crippen molar-refractivity contribution in [3.63, 3.8) is 0 Å². The summed E-state index contributed by atoms with van der Waals surface area (Å²) >= 11 is 10.6. The van der Waals surface area contributed by atoms with Crippen molar-refractivity contribution in [2.24, 2.45) is 35.0 Å². The highest BCUT2D eigenvalue weighted by Gasteiger charge is 2.38. The Morgan fingerprint density at radius 3 is 1.10 bits per heavy atom. The molecule has 0 aliphatic rings. The van der Waals surface area contributed by atoms with Gasteiger partial charge in [-0.1, -0.05) is 83.0 Å². The standard InChI is InChI=1S/C29H27BrF2N4O4.C29H28BrFN4O4.C29H28FIN4O3S/c1-15(2)25(35(9-8-33)28(37)17-5-4-16(3)22(32)10-17)27-34-24-21-12-19(31)6-7-23(21)40-26(24)29(38)36(27)13-20-11-18(30)14-39-20;1-16(2)25(34(11-10-32)28(36)18-6-4-17(3)5-7-18)27-33-24-22-13-20(31)8-9-23(22)39-26(24)29(37)35(27)14-21-12-19(30)15-38-21;1-16(2)25(34(13-12-32)28(36)18-6-4-17(3)5-7-18)27-33-24-21-14-19(30)8-10-22(21)38-26(24)29(37)35(27)15-20-9-11-23(31)39-20/h4-7,10-12,14-15,25H,8-9,13,33H2,1-3H3;4-9,12-13,15-16,25H,10-11,14,32H2,1-3H3;4-11,14,16,25H,12-13,15,32H2,1-3H3/t3*25-/m111/s1. The number of furan rings is 5. The summed E-state index contributed by atoms with van der Waals surface area (Å²) in [5, 5.41) is 1.13. The molecule has 31 heteroatoms. The summed E-state index contributed by atoms with van der Waals surface area (Å²) in [6.45, 7) is 18.6. The monoisotopic (exact) mass is 1860 g/mol. The third-order valence-corrected chi connectivity index (χ3v) is 22.8. The first kappa shape index (κ1) is 85.2. The van der Waals surface area contributed by atoms with Crippen LogP contribution in [0.1, 0.15) is 141 Å². The van der Waals surface area contributed by atoms with Gasteiger partial charge in [0.15, 0.2) is 0 Å². The molecular formula is C87H83Br2F4IN12O11S. The number of amides is 3. The summed E-state index contributed by atoms with van der Waals surface area (Å²) in [6.07, 6.45) is 3.02. The van der Waals surface area contributed by atoms with E-state index in [4.69, 9.17) is 54.2 Å². The fraction of sp³-hybridized carbons (Fsp3) is 0.276. The Labute approximate surface area is 707 Å². The number of benzene rings is 6. The van der Waals surface area contributed by atoms with Crippen LogP contribution in [0.3, 0.4) is 0 Å². The van der Waals surface area contributed by atoms with Gasteiger partial charge in [-0.25, -0.2) is 32.5 Å². The number of carbonyl (C=O) groups is 3. The molecule has 9 heterocycles. The predicted molar refractivity (Wildman–Crippen MR) is 461 cm³/mol. The summed E-state index contributed by atoms with van der Waals surface area (Å²) < 4.78 is 92.8. The van der Waals surface area contributed by atoms with E-state index in [1.807, 2.05) is 91.8 Å². The summed E-state index contributed by atoms with van der Waals surface area (Å²) in [6, 6.07) is 36.5. The first-order valence-electron chi connectivity index (χ1n) is 37.9. The van der Waals surface area contributed by atoms with Crippen molar-refractivity contribution < 1.29 is 54.0 Å². The molecule has 118 heavy (non-hydrogen) atoms. The van der Waals surface area contributed by atoms with Crippen LogP contribution in [0.5, 0.6) is 0 Å². The normalized spacial score (nSPS) is 12.5. The lowest BCUT2D eigenvalue weighted by atomic mass is 9.99. The van der Waals surface area contributed by atoms with Crippen LogP contribution < -0.4 is 33.9 Å². The maximum atomic E-state index is 14.4. The SMILES string of the molecule is Cc1ccc(C(=O)N(CCN)[C@@H](c2nc3c(oc4ccc(F)cc43)c(=O)n2Cc2cc(Br)co2)C(C)C)cc1.Cc1ccc(C(=O)N(CCN)[C@@H](c2nc3c(oc4ccc(F)cc43)c(=O)n2Cc2cc(Br)co2)C(C)C)cc1F.Cc1ccc(C(=O)N(CCN)[C@@H](c2nc3c(oc4ccc(F)cc43)c(=O)n2Cc2ccc(I)s2)C(C)C)cc1. The lowest BCUT2D eigenvalue weighted by Crippen LogP contribution is -2.43. The quantitative estimate of drug-likeness (QED) is 0.0374. The number of aryl methyl sites for hydroxylation is 3. The van der Waals surface area contributed by atoms with Gasteiger partial charge < -0.3 is 54.0 Å². The van der Waals surface area contributed by atoms with Crippen LogP contribution in [0.2, 0.25) is 0 Å². The van der Waals surface area contributed by atoms with E-state index >= 15 is 0 Å². The number of carbonyl (C=O) groups excluding carboxylic acids is 3. The van der Waals surface area contributed by atoms with Crippen LogP contribution >= 0.6 is 65.8 Å². The van der Waals surface area contributed by atoms with Crippen LogP contribution in [0.4, 0.5) is 17.6 Å². The predicted octanol–water partition coefficient (Wildman–Crippen LogP) is 17.8. The van der Waals surface area contributed by atoms with Gasteiger partial charge in [0.2, 0.25) is 16.7 Å². The van der Waals surface area contributed by atoms with Crippen molar-refractivity contribution in [3.05, 3.63) is 292 Å². The summed E-state index contributed by atoms with van der Waals surface area (Å²) in [5.41, 5.74) is 22.0. The number of nitrogens with two attached hydrogens (primary N) is 3. The smallest absolute Gasteiger partial charge is 0.297 e. The van der Waals surface area contributed by atoms with Crippen molar-refractivity contribution >= 4 is 150 Å². The van der Waals surface area contributed by atoms with Gasteiger partial charge >= 0.3 is 0 Å². The van der Waals surface area contributed by atoms with Crippen molar-refractivity contribution in [1.82, 2.24) is 43.4 Å². The highest BCUT2D eigenvalue weighted by molar-refractivity contribution is 14.1. The molecule has 6 aromatic carbocycles. The van der Waals surface area contributed by atoms with Gasteiger partial charge in [-0.2, -0.15) is 0 Å². The molecule has 0 radical (unpaired) electrons. The number of nitrogens with zero attached hydrogens (tertiary/aromatic N) is 9. The third kappa shape index (κ3) is 17.9. The largest absolute Gasteiger partial charge is 0.466 e. The lowest BCUT2D eigenvalue weighted by Gasteiger charge is -2.35. The molecule has 15 rings (SSSR count). The summed E-state index contributed by atoms with van der Waals surface area (Å²) in [5.74, 6) is -1.46. The molecule has 0 aliphatic heterocycles. The van der Waals surface area contributed by atoms with E-state index in [9.17, 15) is 46.3 Å². The number of fused-ring (bicyclic) bond motifs is 9. The zero-order chi connectivity index (χ0) is 84.4. The van der Waals surface area contributed by atoms with E-state index in [-0.39, 0.29) is 139 Å². The second-order valence-electron chi connectivity index (χ2n) is 29.6. The Bertz CT molecular complexity index is 6210. The molecule has 0 spiro atoms. The molecule has 6 N–H and O–H groups in total. The van der Waals surface area contributed by atoms with Crippen LogP contribution in [0.25, 0.3) is 66.2 Å². The number of hydrogen-bond acceptors (Lipinski definition) is 18. The van der Waals surface area contributed by atoms with Crippen molar-refractivity contribution in [3.8, 4) is 0 Å². The third-order valence-electron chi connectivity index (χ3n) is 20.1. The Morgan fingerprint density at radius 2 is 0.797 bits per heavy atom. The van der Waals surface area contributed by atoms with Crippen LogP contribution in [0, 0.1) is 64.7 Å². The van der Waals surface area contributed by atoms with Crippen LogP contribution in [0.15, 0.2) is 204 Å². The van der Waals surface area contributed by atoms with Gasteiger partial charge in [0, 0.05) is 77.0 Å². The molecule has 0 fully saturated rings. The number of aromatic nitrogens is 6. The molecule has 23 nitrogen and oxygen atoms in total. The molecule has 3 amide bonds. The van der Waals surface area contributed by atoms with Gasteiger partial charge in [-0.05, 0) is 214 Å². The summed E-state index contributed by atoms with van der Waals surface area (Å²) in [4.78, 5) is 104. The van der Waals surface area contributed by atoms with Gasteiger partial charge in [0.05, 0.1) is 49.6 Å². The number of hydrogen-bond donors (Lipinski definition) is 3. The first-order valence-corrected chi connectivity index (χ1v) is 41.4. The van der Waals surface area contributed by atoms with Gasteiger partial charge in [0.25, 0.3) is 34.4 Å². The topological polar surface area (TPSA) is 309 Å². The van der Waals surface area contributed by atoms with Crippen molar-refractivity contribution in [2.75, 3.05) is 39.3 Å². The van der Waals surface area contributed by atoms with E-state index in [1.54, 1.807) is 75.1 Å². The lowest BCUT2D eigenvalue weighted by molar-refractivity contribution is 0.0606. The molecule has 0 saturated heterocycles. The molecule has 0 saturated carbocycles. The fourth-order valence-corrected chi connectivity index (χ4v) is 17.0. The summed E-state index contributed by atoms with van der Waals surface area (Å²) in [7, 11) is 0. The minimum Gasteiger partial charge on any atom is -0.466 e. The molecule has 9 aromatic heterocycles. The zero-order valence-electron chi connectivity index (χ0n) is 65.6. The molecule has 3 atom stereocenters. The Balaban J connectivity index is 0.000000153. The Hall–Kier alpha value is -10.7. The average Bonchev–Trinajstić information content (AvgIpc) is 1.57. The Kier molecular flexibility index (Phi) is 26.2. The van der Waals surface area contributed by atoms with Crippen LogP contribution in [-0.2, 0) is 19.6 Å². The van der Waals surface area contributed by atoms with Crippen molar-refractivity contribution in [1.29, 1.82) is 0 Å². The minimum atomic E-state index is -0.769.